The van der Waals surface area contributed by atoms with Crippen molar-refractivity contribution in [3.05, 3.63) is 66.9 Å². The molecular weight excluding hydrogens is 395 g/mol. The van der Waals surface area contributed by atoms with Crippen LogP contribution in [0.15, 0.2) is 66.0 Å². The summed E-state index contributed by atoms with van der Waals surface area (Å²) in [5, 5.41) is 0. The average molecular weight is 414 g/mol. The molecule has 1 saturated heterocycles. The van der Waals surface area contributed by atoms with E-state index in [0.717, 1.165) is 38.1 Å². The third-order valence-electron chi connectivity index (χ3n) is 4.55. The van der Waals surface area contributed by atoms with E-state index in [1.165, 1.54) is 30.6 Å². The monoisotopic (exact) mass is 414 g/mol. The first kappa shape index (κ1) is 19.1. The highest BCUT2D eigenvalue weighted by Crippen LogP contribution is 2.20. The Labute approximate surface area is 168 Å². The molecule has 3 aromatic rings. The van der Waals surface area contributed by atoms with Crippen LogP contribution in [-0.2, 0) is 10.0 Å². The minimum Gasteiger partial charge on any atom is -0.353 e. The molecule has 1 fully saturated rings. The average Bonchev–Trinajstić information content (AvgIpc) is 2.75. The van der Waals surface area contributed by atoms with Gasteiger partial charge in [0.15, 0.2) is 0 Å². The molecule has 1 aliphatic heterocycles. The van der Waals surface area contributed by atoms with Crippen LogP contribution in [0.2, 0.25) is 0 Å². The lowest BCUT2D eigenvalue weighted by Crippen LogP contribution is -2.47. The molecule has 0 spiro atoms. The molecule has 0 bridgehead atoms. The van der Waals surface area contributed by atoms with Crippen molar-refractivity contribution in [3.63, 3.8) is 0 Å². The van der Waals surface area contributed by atoms with Gasteiger partial charge in [-0.2, -0.15) is 0 Å². The van der Waals surface area contributed by atoms with Crippen LogP contribution in [-0.4, -0.2) is 49.5 Å². The van der Waals surface area contributed by atoms with Gasteiger partial charge >= 0.3 is 0 Å². The Kier molecular flexibility index (Phi) is 5.26. The van der Waals surface area contributed by atoms with Gasteiger partial charge in [-0.05, 0) is 24.3 Å². The summed E-state index contributed by atoms with van der Waals surface area (Å²) in [6.07, 6.45) is 4.53. The topological polar surface area (TPSA) is 91.3 Å². The molecule has 8 nitrogen and oxygen atoms in total. The fraction of sp³-hybridized carbons (Fsp3) is 0.211. The second kappa shape index (κ2) is 8.00. The summed E-state index contributed by atoms with van der Waals surface area (Å²) in [4.78, 5) is 16.7. The van der Waals surface area contributed by atoms with Crippen molar-refractivity contribution < 1.29 is 12.8 Å². The lowest BCUT2D eigenvalue weighted by Gasteiger charge is -2.35. The van der Waals surface area contributed by atoms with Crippen LogP contribution in [0.1, 0.15) is 0 Å². The van der Waals surface area contributed by atoms with Crippen molar-refractivity contribution in [3.8, 4) is 0 Å². The minimum atomic E-state index is -4.05. The molecule has 3 heterocycles. The van der Waals surface area contributed by atoms with Crippen LogP contribution in [0.3, 0.4) is 0 Å². The molecule has 1 aromatic carbocycles. The summed E-state index contributed by atoms with van der Waals surface area (Å²) < 4.78 is 40.8. The number of halogens is 1. The molecular formula is C19H19FN6O2S. The highest BCUT2D eigenvalue weighted by molar-refractivity contribution is 7.92. The van der Waals surface area contributed by atoms with Crippen LogP contribution >= 0.6 is 0 Å². The first-order chi connectivity index (χ1) is 14.0. The Bertz CT molecular complexity index is 1070. The lowest BCUT2D eigenvalue weighted by molar-refractivity contribution is 0.570. The van der Waals surface area contributed by atoms with Crippen LogP contribution in [0.5, 0.6) is 0 Å². The van der Waals surface area contributed by atoms with Gasteiger partial charge in [-0.3, -0.25) is 4.72 Å². The Morgan fingerprint density at radius 1 is 0.862 bits per heavy atom. The van der Waals surface area contributed by atoms with E-state index in [-0.39, 0.29) is 5.69 Å². The number of hydrogen-bond acceptors (Lipinski definition) is 7. The van der Waals surface area contributed by atoms with E-state index < -0.39 is 20.7 Å². The van der Waals surface area contributed by atoms with Crippen molar-refractivity contribution in [2.75, 3.05) is 40.7 Å². The minimum absolute atomic E-state index is 0.170. The summed E-state index contributed by atoms with van der Waals surface area (Å²) in [5.74, 6) is 0.633. The van der Waals surface area contributed by atoms with Gasteiger partial charge in [-0.1, -0.05) is 18.2 Å². The number of rotatable bonds is 5. The van der Waals surface area contributed by atoms with Gasteiger partial charge in [0, 0.05) is 32.4 Å². The second-order valence-corrected chi connectivity index (χ2v) is 8.12. The Balaban J connectivity index is 1.40. The summed E-state index contributed by atoms with van der Waals surface area (Å²) in [5.41, 5.74) is 0.170. The van der Waals surface area contributed by atoms with Gasteiger partial charge in [-0.25, -0.2) is 27.8 Å². The molecule has 150 valence electrons. The zero-order valence-electron chi connectivity index (χ0n) is 15.4. The molecule has 0 radical (unpaired) electrons. The van der Waals surface area contributed by atoms with E-state index in [2.05, 4.69) is 24.6 Å². The molecule has 0 atom stereocenters. The predicted molar refractivity (Wildman–Crippen MR) is 108 cm³/mol. The van der Waals surface area contributed by atoms with Gasteiger partial charge in [0.1, 0.15) is 16.5 Å². The predicted octanol–water partition coefficient (Wildman–Crippen LogP) is 2.14. The molecule has 1 N–H and O–H groups in total. The number of piperazine rings is 1. The molecule has 0 aliphatic carbocycles. The van der Waals surface area contributed by atoms with Crippen LogP contribution in [0.25, 0.3) is 0 Å². The third-order valence-corrected chi connectivity index (χ3v) is 5.97. The summed E-state index contributed by atoms with van der Waals surface area (Å²) >= 11 is 0. The second-order valence-electron chi connectivity index (χ2n) is 6.47. The van der Waals surface area contributed by atoms with Gasteiger partial charge in [0.2, 0.25) is 5.95 Å². The van der Waals surface area contributed by atoms with Crippen molar-refractivity contribution in [1.82, 2.24) is 15.0 Å². The third kappa shape index (κ3) is 4.27. The van der Waals surface area contributed by atoms with Crippen LogP contribution in [0, 0.1) is 5.82 Å². The summed E-state index contributed by atoms with van der Waals surface area (Å²) in [6.45, 7) is 3.00. The van der Waals surface area contributed by atoms with E-state index in [9.17, 15) is 12.8 Å². The van der Waals surface area contributed by atoms with Crippen molar-refractivity contribution in [1.29, 1.82) is 0 Å². The summed E-state index contributed by atoms with van der Waals surface area (Å²) in [7, 11) is -4.05. The number of anilines is 3. The van der Waals surface area contributed by atoms with Gasteiger partial charge < -0.3 is 9.80 Å². The number of sulfonamides is 1. The SMILES string of the molecule is O=S(=O)(Nc1cnc(N2CCN(c3ccccn3)CC2)nc1)c1ccccc1F. The van der Waals surface area contributed by atoms with Crippen LogP contribution in [0.4, 0.5) is 21.8 Å². The number of aromatic nitrogens is 3. The summed E-state index contributed by atoms with van der Waals surface area (Å²) in [6, 6.07) is 11.0. The number of nitrogens with zero attached hydrogens (tertiary/aromatic N) is 5. The molecule has 4 rings (SSSR count). The smallest absolute Gasteiger partial charge is 0.264 e. The number of hydrogen-bond donors (Lipinski definition) is 1. The Morgan fingerprint density at radius 2 is 1.52 bits per heavy atom. The van der Waals surface area contributed by atoms with Crippen molar-refractivity contribution >= 4 is 27.5 Å². The van der Waals surface area contributed by atoms with E-state index in [1.807, 2.05) is 23.1 Å². The maximum Gasteiger partial charge on any atom is 0.264 e. The number of nitrogens with one attached hydrogen (secondary N) is 1. The fourth-order valence-electron chi connectivity index (χ4n) is 3.09. The molecule has 0 amide bonds. The maximum atomic E-state index is 13.8. The fourth-order valence-corrected chi connectivity index (χ4v) is 4.19. The highest BCUT2D eigenvalue weighted by Gasteiger charge is 2.21. The highest BCUT2D eigenvalue weighted by atomic mass is 32.2. The number of benzene rings is 1. The largest absolute Gasteiger partial charge is 0.353 e. The molecule has 1 aliphatic rings. The molecule has 0 unspecified atom stereocenters. The maximum absolute atomic E-state index is 13.8. The van der Waals surface area contributed by atoms with Gasteiger partial charge in [-0.15, -0.1) is 0 Å². The van der Waals surface area contributed by atoms with E-state index in [0.29, 0.717) is 5.95 Å². The number of pyridine rings is 1. The lowest BCUT2D eigenvalue weighted by atomic mass is 10.3. The normalized spacial score (nSPS) is 14.7. The Hall–Kier alpha value is -3.27. The quantitative estimate of drug-likeness (QED) is 0.684. The van der Waals surface area contributed by atoms with E-state index in [4.69, 9.17) is 0 Å². The zero-order valence-corrected chi connectivity index (χ0v) is 16.3. The molecule has 2 aromatic heterocycles. The van der Waals surface area contributed by atoms with E-state index >= 15 is 0 Å². The first-order valence-electron chi connectivity index (χ1n) is 9.03. The Morgan fingerprint density at radius 3 is 2.17 bits per heavy atom. The molecule has 29 heavy (non-hydrogen) atoms. The van der Waals surface area contributed by atoms with Gasteiger partial charge in [0.25, 0.3) is 10.0 Å². The van der Waals surface area contributed by atoms with Crippen LogP contribution < -0.4 is 14.5 Å². The standard InChI is InChI=1S/C19H19FN6O2S/c20-16-5-1-2-6-17(16)29(27,28)24-15-13-22-19(23-14-15)26-11-9-25(10-12-26)18-7-3-4-8-21-18/h1-8,13-14,24H,9-12H2. The zero-order chi connectivity index (χ0) is 20.3. The van der Waals surface area contributed by atoms with Gasteiger partial charge in [0.05, 0.1) is 18.1 Å². The van der Waals surface area contributed by atoms with E-state index in [1.54, 1.807) is 6.20 Å². The van der Waals surface area contributed by atoms with Crippen molar-refractivity contribution in [2.45, 2.75) is 4.90 Å². The first-order valence-corrected chi connectivity index (χ1v) is 10.5. The molecule has 0 saturated carbocycles. The molecule has 10 heteroatoms. The van der Waals surface area contributed by atoms with Crippen molar-refractivity contribution in [2.24, 2.45) is 0 Å².